The van der Waals surface area contributed by atoms with Gasteiger partial charge in [-0.1, -0.05) is 28.1 Å². The molecule has 164 valence electrons. The summed E-state index contributed by atoms with van der Waals surface area (Å²) in [5.41, 5.74) is 4.37. The lowest BCUT2D eigenvalue weighted by molar-refractivity contribution is -0.384. The number of hydrazone groups is 1. The molecule has 0 spiro atoms. The molecule has 32 heavy (non-hydrogen) atoms. The van der Waals surface area contributed by atoms with Gasteiger partial charge in [-0.2, -0.15) is 20.1 Å². The van der Waals surface area contributed by atoms with Crippen LogP contribution >= 0.6 is 15.9 Å². The van der Waals surface area contributed by atoms with Gasteiger partial charge in [0.05, 0.1) is 24.4 Å². The number of rotatable bonds is 7. The summed E-state index contributed by atoms with van der Waals surface area (Å²) in [7, 11) is 0. The molecule has 3 aromatic rings. The fourth-order valence-electron chi connectivity index (χ4n) is 2.88. The lowest BCUT2D eigenvalue weighted by Crippen LogP contribution is -2.37. The van der Waals surface area contributed by atoms with Gasteiger partial charge in [0.15, 0.2) is 0 Å². The van der Waals surface area contributed by atoms with Gasteiger partial charge in [0.1, 0.15) is 0 Å². The first-order valence-corrected chi connectivity index (χ1v) is 10.5. The summed E-state index contributed by atoms with van der Waals surface area (Å²) in [5, 5.41) is 18.1. The van der Waals surface area contributed by atoms with E-state index in [0.29, 0.717) is 37.9 Å². The Morgan fingerprint density at radius 1 is 1.03 bits per heavy atom. The zero-order valence-electron chi connectivity index (χ0n) is 16.8. The van der Waals surface area contributed by atoms with Crippen LogP contribution in [-0.2, 0) is 4.74 Å². The van der Waals surface area contributed by atoms with Crippen molar-refractivity contribution >= 4 is 51.4 Å². The molecule has 1 saturated heterocycles. The number of nitro groups is 1. The van der Waals surface area contributed by atoms with Crippen LogP contribution in [0.2, 0.25) is 0 Å². The van der Waals surface area contributed by atoms with Crippen LogP contribution in [0.15, 0.2) is 58.1 Å². The van der Waals surface area contributed by atoms with Crippen molar-refractivity contribution in [2.45, 2.75) is 0 Å². The van der Waals surface area contributed by atoms with Gasteiger partial charge in [0.2, 0.25) is 17.8 Å². The van der Waals surface area contributed by atoms with E-state index < -0.39 is 4.92 Å². The van der Waals surface area contributed by atoms with E-state index in [4.69, 9.17) is 4.74 Å². The summed E-state index contributed by atoms with van der Waals surface area (Å²) < 4.78 is 6.39. The number of nitrogens with zero attached hydrogens (tertiary/aromatic N) is 6. The fraction of sp³-hybridized carbons (Fsp3) is 0.200. The number of halogens is 1. The second-order valence-corrected chi connectivity index (χ2v) is 7.65. The van der Waals surface area contributed by atoms with Gasteiger partial charge < -0.3 is 15.0 Å². The third kappa shape index (κ3) is 5.74. The minimum absolute atomic E-state index is 0.00448. The monoisotopic (exact) mass is 498 g/mol. The molecule has 1 aromatic heterocycles. The fourth-order valence-corrected chi connectivity index (χ4v) is 3.15. The molecule has 0 atom stereocenters. The Labute approximate surface area is 191 Å². The second kappa shape index (κ2) is 10.1. The van der Waals surface area contributed by atoms with E-state index in [9.17, 15) is 10.1 Å². The number of nitro benzene ring substituents is 1. The second-order valence-electron chi connectivity index (χ2n) is 6.73. The van der Waals surface area contributed by atoms with E-state index in [0.717, 1.165) is 10.0 Å². The van der Waals surface area contributed by atoms with Gasteiger partial charge in [-0.3, -0.25) is 10.1 Å². The van der Waals surface area contributed by atoms with E-state index in [2.05, 4.69) is 46.7 Å². The Morgan fingerprint density at radius 3 is 2.41 bits per heavy atom. The summed E-state index contributed by atoms with van der Waals surface area (Å²) in [5.74, 6) is 1.03. The molecule has 2 aromatic carbocycles. The molecule has 1 fully saturated rings. The number of nitrogens with one attached hydrogen (secondary N) is 2. The Balaban J connectivity index is 1.55. The number of hydrogen-bond donors (Lipinski definition) is 2. The molecule has 11 nitrogen and oxygen atoms in total. The highest BCUT2D eigenvalue weighted by Gasteiger charge is 2.17. The van der Waals surface area contributed by atoms with Gasteiger partial charge in [0, 0.05) is 35.4 Å². The first kappa shape index (κ1) is 21.6. The molecule has 0 aliphatic carbocycles. The summed E-state index contributed by atoms with van der Waals surface area (Å²) in [6.07, 6.45) is 1.66. The lowest BCUT2D eigenvalue weighted by atomic mass is 10.2. The van der Waals surface area contributed by atoms with Crippen LogP contribution in [0.5, 0.6) is 0 Å². The molecular formula is C20H19BrN8O3. The van der Waals surface area contributed by atoms with Crippen molar-refractivity contribution in [3.8, 4) is 0 Å². The molecule has 1 aliphatic rings. The molecule has 2 heterocycles. The molecular weight excluding hydrogens is 480 g/mol. The van der Waals surface area contributed by atoms with E-state index in [1.807, 2.05) is 29.2 Å². The normalized spacial score (nSPS) is 13.8. The molecule has 0 unspecified atom stereocenters. The molecule has 4 rings (SSSR count). The first-order valence-electron chi connectivity index (χ1n) is 9.72. The largest absolute Gasteiger partial charge is 0.378 e. The Kier molecular flexibility index (Phi) is 6.82. The predicted octanol–water partition coefficient (Wildman–Crippen LogP) is 3.57. The summed E-state index contributed by atoms with van der Waals surface area (Å²) >= 11 is 3.40. The number of anilines is 4. The highest BCUT2D eigenvalue weighted by Crippen LogP contribution is 2.21. The number of morpholine rings is 1. The van der Waals surface area contributed by atoms with Crippen LogP contribution in [0.25, 0.3) is 0 Å². The summed E-state index contributed by atoms with van der Waals surface area (Å²) in [6.45, 7) is 2.48. The maximum absolute atomic E-state index is 10.9. The van der Waals surface area contributed by atoms with Crippen molar-refractivity contribution in [3.63, 3.8) is 0 Å². The van der Waals surface area contributed by atoms with Crippen LogP contribution in [0.3, 0.4) is 0 Å². The molecule has 0 bridgehead atoms. The summed E-state index contributed by atoms with van der Waals surface area (Å²) in [6, 6.07) is 13.7. The zero-order valence-corrected chi connectivity index (χ0v) is 18.4. The third-order valence-corrected chi connectivity index (χ3v) is 5.03. The quantitative estimate of drug-likeness (QED) is 0.285. The molecule has 0 radical (unpaired) electrons. The average Bonchev–Trinajstić information content (AvgIpc) is 2.81. The van der Waals surface area contributed by atoms with Crippen LogP contribution in [0.4, 0.5) is 29.2 Å². The number of benzene rings is 2. The maximum atomic E-state index is 10.9. The topological polar surface area (TPSA) is 131 Å². The van der Waals surface area contributed by atoms with Crippen molar-refractivity contribution < 1.29 is 9.66 Å². The Morgan fingerprint density at radius 2 is 1.72 bits per heavy atom. The van der Waals surface area contributed by atoms with E-state index in [1.165, 1.54) is 12.1 Å². The lowest BCUT2D eigenvalue weighted by Gasteiger charge is -2.27. The minimum atomic E-state index is -0.450. The van der Waals surface area contributed by atoms with Crippen LogP contribution in [-0.4, -0.2) is 52.4 Å². The molecule has 12 heteroatoms. The Bertz CT molecular complexity index is 1100. The van der Waals surface area contributed by atoms with Crippen LogP contribution in [0.1, 0.15) is 5.56 Å². The molecule has 0 amide bonds. The molecule has 1 aliphatic heterocycles. The molecule has 2 N–H and O–H groups in total. The number of aromatic nitrogens is 3. The van der Waals surface area contributed by atoms with Crippen LogP contribution in [0, 0.1) is 10.1 Å². The van der Waals surface area contributed by atoms with Gasteiger partial charge >= 0.3 is 0 Å². The van der Waals surface area contributed by atoms with Crippen molar-refractivity contribution in [2.75, 3.05) is 41.9 Å². The van der Waals surface area contributed by atoms with E-state index in [-0.39, 0.29) is 17.6 Å². The summed E-state index contributed by atoms with van der Waals surface area (Å²) in [4.78, 5) is 25.7. The highest BCUT2D eigenvalue weighted by molar-refractivity contribution is 9.10. The highest BCUT2D eigenvalue weighted by atomic mass is 79.9. The smallest absolute Gasteiger partial charge is 0.269 e. The van der Waals surface area contributed by atoms with Crippen molar-refractivity contribution in [2.24, 2.45) is 5.10 Å². The van der Waals surface area contributed by atoms with Crippen LogP contribution < -0.4 is 15.6 Å². The van der Waals surface area contributed by atoms with Gasteiger partial charge in [0.25, 0.3) is 5.69 Å². The van der Waals surface area contributed by atoms with Crippen molar-refractivity contribution in [1.29, 1.82) is 0 Å². The SMILES string of the molecule is O=[N+]([O-])c1ccc(Nc2nc(NN=Cc3ccc(Br)cc3)nc(N3CCOCC3)n2)cc1. The average molecular weight is 499 g/mol. The number of hydrogen-bond acceptors (Lipinski definition) is 10. The standard InChI is InChI=1S/C20H19BrN8O3/c21-15-3-1-14(2-4-15)13-22-27-19-24-18(23-16-5-7-17(8-6-16)29(30)31)25-20(26-19)28-9-11-32-12-10-28/h1-8,13H,9-12H2,(H2,23,24,25,26,27). The Hall–Kier alpha value is -3.64. The zero-order chi connectivity index (χ0) is 22.3. The van der Waals surface area contributed by atoms with Gasteiger partial charge in [-0.25, -0.2) is 5.43 Å². The van der Waals surface area contributed by atoms with Gasteiger partial charge in [-0.05, 0) is 29.8 Å². The number of non-ortho nitro benzene ring substituents is 1. The van der Waals surface area contributed by atoms with Crippen molar-refractivity contribution in [1.82, 2.24) is 15.0 Å². The van der Waals surface area contributed by atoms with Crippen molar-refractivity contribution in [3.05, 3.63) is 68.7 Å². The van der Waals surface area contributed by atoms with E-state index in [1.54, 1.807) is 18.3 Å². The third-order valence-electron chi connectivity index (χ3n) is 4.50. The number of ether oxygens (including phenoxy) is 1. The first-order chi connectivity index (χ1) is 15.6. The predicted molar refractivity (Wildman–Crippen MR) is 125 cm³/mol. The molecule has 0 saturated carbocycles. The van der Waals surface area contributed by atoms with E-state index >= 15 is 0 Å². The minimum Gasteiger partial charge on any atom is -0.378 e. The van der Waals surface area contributed by atoms with Gasteiger partial charge in [-0.15, -0.1) is 0 Å². The maximum Gasteiger partial charge on any atom is 0.269 e.